The van der Waals surface area contributed by atoms with Crippen LogP contribution in [-0.2, 0) is 0 Å². The molecule has 0 spiro atoms. The summed E-state index contributed by atoms with van der Waals surface area (Å²) in [4.78, 5) is 0. The van der Waals surface area contributed by atoms with Gasteiger partial charge in [-0.1, -0.05) is 0 Å². The molecule has 0 aliphatic heterocycles. The Morgan fingerprint density at radius 1 is 1.60 bits per heavy atom. The average Bonchev–Trinajstić information content (AvgIpc) is 1.38. The summed E-state index contributed by atoms with van der Waals surface area (Å²) in [5.74, 6) is 0. The van der Waals surface area contributed by atoms with Crippen molar-refractivity contribution in [3.8, 4) is 0 Å². The molecule has 0 rings (SSSR count). The van der Waals surface area contributed by atoms with E-state index in [0.29, 0.717) is 4.66 Å². The summed E-state index contributed by atoms with van der Waals surface area (Å²) in [7, 11) is 0. The molecule has 0 aromatic carbocycles. The Labute approximate surface area is 59.3 Å². The van der Waals surface area contributed by atoms with Crippen LogP contribution in [0, 0.1) is 0 Å². The van der Waals surface area contributed by atoms with Gasteiger partial charge in [-0.3, -0.25) is 0 Å². The minimum absolute atomic E-state index is 0.492. The fraction of sp³-hybridized carbons (Fsp3) is 1.00. The summed E-state index contributed by atoms with van der Waals surface area (Å²) in [6.45, 7) is 2.07. The van der Waals surface area contributed by atoms with E-state index < -0.39 is 0 Å². The van der Waals surface area contributed by atoms with Crippen molar-refractivity contribution in [2.45, 2.75) is 6.82 Å². The van der Waals surface area contributed by atoms with Crippen LogP contribution in [0.4, 0.5) is 0 Å². The Morgan fingerprint density at radius 2 is 1.80 bits per heavy atom. The Morgan fingerprint density at radius 3 is 1.80 bits per heavy atom. The van der Waals surface area contributed by atoms with Crippen molar-refractivity contribution in [3.63, 3.8) is 0 Å². The van der Waals surface area contributed by atoms with Crippen LogP contribution in [0.1, 0.15) is 0 Å². The summed E-state index contributed by atoms with van der Waals surface area (Å²) in [6, 6.07) is 0. The zero-order valence-corrected chi connectivity index (χ0v) is 7.87. The van der Waals surface area contributed by atoms with Gasteiger partial charge < -0.3 is 0 Å². The molecule has 0 nitrogen and oxygen atoms in total. The van der Waals surface area contributed by atoms with Gasteiger partial charge >= 0.3 is 60.1 Å². The standard InChI is InChI=1S/CH3BI2S/c1-2-5(3)4/h1H3. The maximum absolute atomic E-state index is 2.37. The summed E-state index contributed by atoms with van der Waals surface area (Å²) in [6.07, 6.45) is 2.17. The summed E-state index contributed by atoms with van der Waals surface area (Å²) < 4.78 is 0.492. The fourth-order valence-corrected chi connectivity index (χ4v) is 0. The first-order valence-electron chi connectivity index (χ1n) is 1.12. The topological polar surface area (TPSA) is 0 Å². The maximum atomic E-state index is 2.37. The first-order chi connectivity index (χ1) is 2.27. The summed E-state index contributed by atoms with van der Waals surface area (Å²) in [5.41, 5.74) is 0. The quantitative estimate of drug-likeness (QED) is 0.476. The molecule has 0 aromatic heterocycles. The van der Waals surface area contributed by atoms with E-state index in [2.05, 4.69) is 55.4 Å². The van der Waals surface area contributed by atoms with E-state index >= 15 is 0 Å². The molecule has 0 aliphatic carbocycles. The molecule has 0 heterocycles. The number of hydrogen-bond acceptors (Lipinski definition) is 0. The van der Waals surface area contributed by atoms with Crippen molar-refractivity contribution in [1.29, 1.82) is 0 Å². The second-order valence-corrected chi connectivity index (χ2v) is 12.2. The molecule has 4 heteroatoms. The monoisotopic (exact) mass is 312 g/mol. The molecule has 0 fully saturated rings. The van der Waals surface area contributed by atoms with Crippen LogP contribution in [0.3, 0.4) is 0 Å². The Hall–Kier alpha value is 1.87. The van der Waals surface area contributed by atoms with Gasteiger partial charge in [-0.25, -0.2) is 0 Å². The zero-order valence-electron chi connectivity index (χ0n) is 2.74. The molecule has 5 heavy (non-hydrogen) atoms. The zero-order chi connectivity index (χ0) is 4.28. The molecule has 0 aromatic rings. The van der Waals surface area contributed by atoms with E-state index in [1.165, 1.54) is 0 Å². The molecule has 0 bridgehead atoms. The predicted molar refractivity (Wildman–Crippen MR) is 47.2 cm³/mol. The second-order valence-electron chi connectivity index (χ2n) is 0.472. The first-order valence-corrected chi connectivity index (χ1v) is 7.50. The molecule has 0 saturated heterocycles. The number of halogens is 2. The fourth-order valence-electron chi connectivity index (χ4n) is 0. The molecule has 0 saturated carbocycles. The first kappa shape index (κ1) is 6.87. The van der Waals surface area contributed by atoms with Gasteiger partial charge in [-0.05, 0) is 0 Å². The van der Waals surface area contributed by atoms with Crippen LogP contribution in [0.2, 0.25) is 6.82 Å². The van der Waals surface area contributed by atoms with E-state index in [1.54, 1.807) is 0 Å². The van der Waals surface area contributed by atoms with Gasteiger partial charge in [0.1, 0.15) is 0 Å². The Kier molecular flexibility index (Phi) is 5.56. The van der Waals surface area contributed by atoms with Gasteiger partial charge in [0.25, 0.3) is 0 Å². The predicted octanol–water partition coefficient (Wildman–Crippen LogP) is 2.62. The molecule has 0 radical (unpaired) electrons. The Balaban J connectivity index is 3.14. The molecule has 30 valence electrons. The van der Waals surface area contributed by atoms with Gasteiger partial charge in [0.15, 0.2) is 0 Å². The normalized spacial score (nSPS) is 8.00. The van der Waals surface area contributed by atoms with Crippen LogP contribution >= 0.6 is 47.1 Å². The van der Waals surface area contributed by atoms with E-state index in [9.17, 15) is 0 Å². The van der Waals surface area contributed by atoms with E-state index in [-0.39, 0.29) is 0 Å². The van der Waals surface area contributed by atoms with Gasteiger partial charge in [0, 0.05) is 0 Å². The van der Waals surface area contributed by atoms with Crippen molar-refractivity contribution in [2.24, 2.45) is 0 Å². The third-order valence-electron chi connectivity index (χ3n) is 0.178. The molecular weight excluding hydrogens is 309 g/mol. The Bertz CT molecular complexity index is 47.6. The van der Waals surface area contributed by atoms with Crippen molar-refractivity contribution < 1.29 is 0 Å². The minimum atomic E-state index is 0.492. The van der Waals surface area contributed by atoms with Crippen LogP contribution in [0.5, 0.6) is 0 Å². The van der Waals surface area contributed by atoms with Crippen LogP contribution in [-0.4, -0.2) is 6.15 Å². The summed E-state index contributed by atoms with van der Waals surface area (Å²) in [5, 5.41) is 0. The molecule has 0 amide bonds. The average molecular weight is 312 g/mol. The van der Waals surface area contributed by atoms with Crippen molar-refractivity contribution >= 4 is 53.2 Å². The third-order valence-corrected chi connectivity index (χ3v) is 3.59. The second kappa shape index (κ2) is 4.05. The van der Waals surface area contributed by atoms with Gasteiger partial charge in [-0.15, -0.1) is 0 Å². The summed E-state index contributed by atoms with van der Waals surface area (Å²) >= 11 is 4.73. The van der Waals surface area contributed by atoms with Gasteiger partial charge in [-0.2, -0.15) is 0 Å². The van der Waals surface area contributed by atoms with E-state index in [1.807, 2.05) is 0 Å². The van der Waals surface area contributed by atoms with Crippen LogP contribution in [0.15, 0.2) is 0 Å². The number of rotatable bonds is 0. The van der Waals surface area contributed by atoms with Crippen LogP contribution in [0.25, 0.3) is 0 Å². The molecule has 0 unspecified atom stereocenters. The molecule has 0 atom stereocenters. The van der Waals surface area contributed by atoms with Gasteiger partial charge in [0.05, 0.1) is 0 Å². The third kappa shape index (κ3) is 5.87. The SMILES string of the molecule is CB=S(I)I. The molecule has 0 N–H and O–H groups in total. The van der Waals surface area contributed by atoms with Crippen LogP contribution < -0.4 is 0 Å². The van der Waals surface area contributed by atoms with Crippen molar-refractivity contribution in [3.05, 3.63) is 0 Å². The van der Waals surface area contributed by atoms with Crippen molar-refractivity contribution in [1.82, 2.24) is 0 Å². The van der Waals surface area contributed by atoms with Gasteiger partial charge in [0.2, 0.25) is 0 Å². The number of hydrogen-bond donors (Lipinski definition) is 0. The molecular formula is CH3BI2S. The molecule has 0 aliphatic rings. The van der Waals surface area contributed by atoms with Crippen molar-refractivity contribution in [2.75, 3.05) is 0 Å². The van der Waals surface area contributed by atoms with E-state index in [4.69, 9.17) is 0 Å². The van der Waals surface area contributed by atoms with E-state index in [0.717, 1.165) is 0 Å².